The number of para-hydroxylation sites is 1. The summed E-state index contributed by atoms with van der Waals surface area (Å²) in [4.78, 5) is 0. The first kappa shape index (κ1) is 13.6. The Hall–Kier alpha value is -1.39. The number of benzene rings is 1. The molecular weight excluding hydrogens is 250 g/mol. The van der Waals surface area contributed by atoms with Crippen LogP contribution in [0.5, 0.6) is 0 Å². The topological polar surface area (TPSA) is 50.1 Å². The SMILES string of the molecule is Cn1nc(CNCC2CCC(O)CC2)c2ccccc21. The standard InChI is InChI=1S/C16H23N3O/c1-19-16-5-3-2-4-14(16)15(18-19)11-17-10-12-6-8-13(20)9-7-12/h2-5,12-13,17,20H,6-11H2,1H3. The van der Waals surface area contributed by atoms with Gasteiger partial charge in [-0.1, -0.05) is 18.2 Å². The Kier molecular flexibility index (Phi) is 4.03. The van der Waals surface area contributed by atoms with Crippen molar-refractivity contribution in [1.82, 2.24) is 15.1 Å². The minimum absolute atomic E-state index is 0.0639. The van der Waals surface area contributed by atoms with Crippen molar-refractivity contribution in [3.63, 3.8) is 0 Å². The Labute approximate surface area is 119 Å². The van der Waals surface area contributed by atoms with Gasteiger partial charge >= 0.3 is 0 Å². The van der Waals surface area contributed by atoms with E-state index >= 15 is 0 Å². The van der Waals surface area contributed by atoms with Crippen molar-refractivity contribution in [3.05, 3.63) is 30.0 Å². The van der Waals surface area contributed by atoms with E-state index in [1.807, 2.05) is 11.7 Å². The van der Waals surface area contributed by atoms with Gasteiger partial charge in [0.1, 0.15) is 0 Å². The number of fused-ring (bicyclic) bond motifs is 1. The van der Waals surface area contributed by atoms with Crippen LogP contribution in [0, 0.1) is 5.92 Å². The first-order valence-corrected chi connectivity index (χ1v) is 7.53. The van der Waals surface area contributed by atoms with E-state index in [-0.39, 0.29) is 6.10 Å². The zero-order chi connectivity index (χ0) is 13.9. The van der Waals surface area contributed by atoms with Crippen LogP contribution in [0.4, 0.5) is 0 Å². The zero-order valence-corrected chi connectivity index (χ0v) is 12.0. The molecule has 3 rings (SSSR count). The molecular formula is C16H23N3O. The van der Waals surface area contributed by atoms with Crippen molar-refractivity contribution in [3.8, 4) is 0 Å². The predicted octanol–water partition coefficient (Wildman–Crippen LogP) is 2.21. The monoisotopic (exact) mass is 273 g/mol. The molecule has 1 aliphatic rings. The largest absolute Gasteiger partial charge is 0.393 e. The van der Waals surface area contributed by atoms with Crippen molar-refractivity contribution < 1.29 is 5.11 Å². The van der Waals surface area contributed by atoms with Gasteiger partial charge in [0.2, 0.25) is 0 Å². The molecule has 0 atom stereocenters. The molecule has 0 bridgehead atoms. The molecule has 1 aromatic heterocycles. The summed E-state index contributed by atoms with van der Waals surface area (Å²) < 4.78 is 1.95. The van der Waals surface area contributed by atoms with Gasteiger partial charge in [0.05, 0.1) is 17.3 Å². The third kappa shape index (κ3) is 2.86. The van der Waals surface area contributed by atoms with Crippen molar-refractivity contribution in [1.29, 1.82) is 0 Å². The van der Waals surface area contributed by atoms with E-state index in [0.717, 1.165) is 44.5 Å². The molecule has 4 nitrogen and oxygen atoms in total. The summed E-state index contributed by atoms with van der Waals surface area (Å²) in [7, 11) is 1.99. The third-order valence-corrected chi connectivity index (χ3v) is 4.38. The number of nitrogens with zero attached hydrogens (tertiary/aromatic N) is 2. The Balaban J connectivity index is 1.57. The summed E-state index contributed by atoms with van der Waals surface area (Å²) in [6.45, 7) is 1.85. The molecule has 108 valence electrons. The van der Waals surface area contributed by atoms with Gasteiger partial charge in [-0.2, -0.15) is 5.10 Å². The zero-order valence-electron chi connectivity index (χ0n) is 12.0. The van der Waals surface area contributed by atoms with Crippen LogP contribution < -0.4 is 5.32 Å². The first-order chi connectivity index (χ1) is 9.74. The molecule has 1 aliphatic carbocycles. The lowest BCUT2D eigenvalue weighted by atomic mass is 9.87. The van der Waals surface area contributed by atoms with Crippen molar-refractivity contribution in [2.75, 3.05) is 6.54 Å². The summed E-state index contributed by atoms with van der Waals surface area (Å²) >= 11 is 0. The molecule has 0 aliphatic heterocycles. The molecule has 2 aromatic rings. The Bertz CT molecular complexity index is 570. The van der Waals surface area contributed by atoms with E-state index in [9.17, 15) is 5.11 Å². The molecule has 1 aromatic carbocycles. The molecule has 1 heterocycles. The summed E-state index contributed by atoms with van der Waals surface area (Å²) in [6, 6.07) is 8.36. The molecule has 0 amide bonds. The number of rotatable bonds is 4. The lowest BCUT2D eigenvalue weighted by Crippen LogP contribution is -2.27. The lowest BCUT2D eigenvalue weighted by molar-refractivity contribution is 0.108. The number of aliphatic hydroxyl groups excluding tert-OH is 1. The second-order valence-corrected chi connectivity index (χ2v) is 5.89. The van der Waals surface area contributed by atoms with E-state index < -0.39 is 0 Å². The van der Waals surface area contributed by atoms with Crippen LogP contribution in [-0.4, -0.2) is 27.5 Å². The number of hydrogen-bond acceptors (Lipinski definition) is 3. The Morgan fingerprint density at radius 3 is 2.80 bits per heavy atom. The van der Waals surface area contributed by atoms with Crippen molar-refractivity contribution >= 4 is 10.9 Å². The highest BCUT2D eigenvalue weighted by Crippen LogP contribution is 2.23. The minimum Gasteiger partial charge on any atom is -0.393 e. The molecule has 0 saturated heterocycles. The fourth-order valence-corrected chi connectivity index (χ4v) is 3.16. The second kappa shape index (κ2) is 5.94. The maximum absolute atomic E-state index is 9.52. The van der Waals surface area contributed by atoms with Gasteiger partial charge in [-0.3, -0.25) is 4.68 Å². The normalized spacial score (nSPS) is 23.3. The van der Waals surface area contributed by atoms with Gasteiger partial charge in [-0.15, -0.1) is 0 Å². The molecule has 0 spiro atoms. The first-order valence-electron chi connectivity index (χ1n) is 7.53. The second-order valence-electron chi connectivity index (χ2n) is 5.89. The summed E-state index contributed by atoms with van der Waals surface area (Å²) in [6.07, 6.45) is 4.12. The van der Waals surface area contributed by atoms with Gasteiger partial charge in [-0.25, -0.2) is 0 Å². The summed E-state index contributed by atoms with van der Waals surface area (Å²) in [5.41, 5.74) is 2.31. The molecule has 0 radical (unpaired) electrons. The van der Waals surface area contributed by atoms with E-state index in [4.69, 9.17) is 0 Å². The molecule has 2 N–H and O–H groups in total. The van der Waals surface area contributed by atoms with Crippen LogP contribution in [0.2, 0.25) is 0 Å². The quantitative estimate of drug-likeness (QED) is 0.898. The van der Waals surface area contributed by atoms with Crippen LogP contribution in [0.1, 0.15) is 31.4 Å². The van der Waals surface area contributed by atoms with Gasteiger partial charge in [0.25, 0.3) is 0 Å². The van der Waals surface area contributed by atoms with Gasteiger partial charge in [0.15, 0.2) is 0 Å². The van der Waals surface area contributed by atoms with E-state index in [1.165, 1.54) is 10.9 Å². The minimum atomic E-state index is -0.0639. The van der Waals surface area contributed by atoms with Crippen molar-refractivity contribution in [2.24, 2.45) is 13.0 Å². The molecule has 20 heavy (non-hydrogen) atoms. The molecule has 1 saturated carbocycles. The maximum atomic E-state index is 9.52. The summed E-state index contributed by atoms with van der Waals surface area (Å²) in [5.74, 6) is 0.702. The average molecular weight is 273 g/mol. The average Bonchev–Trinajstić information content (AvgIpc) is 2.79. The number of aromatic nitrogens is 2. The highest BCUT2D eigenvalue weighted by molar-refractivity contribution is 5.81. The lowest BCUT2D eigenvalue weighted by Gasteiger charge is -2.25. The maximum Gasteiger partial charge on any atom is 0.0841 e. The predicted molar refractivity (Wildman–Crippen MR) is 80.4 cm³/mol. The van der Waals surface area contributed by atoms with Gasteiger partial charge in [0, 0.05) is 19.0 Å². The number of nitrogens with one attached hydrogen (secondary N) is 1. The molecule has 4 heteroatoms. The fourth-order valence-electron chi connectivity index (χ4n) is 3.16. The highest BCUT2D eigenvalue weighted by atomic mass is 16.3. The van der Waals surface area contributed by atoms with Crippen LogP contribution in [0.3, 0.4) is 0 Å². The molecule has 0 unspecified atom stereocenters. The van der Waals surface area contributed by atoms with Crippen LogP contribution in [-0.2, 0) is 13.6 Å². The van der Waals surface area contributed by atoms with Crippen LogP contribution in [0.15, 0.2) is 24.3 Å². The van der Waals surface area contributed by atoms with Gasteiger partial charge < -0.3 is 10.4 Å². The van der Waals surface area contributed by atoms with E-state index in [0.29, 0.717) is 5.92 Å². The number of aliphatic hydroxyl groups is 1. The van der Waals surface area contributed by atoms with Crippen LogP contribution in [0.25, 0.3) is 10.9 Å². The van der Waals surface area contributed by atoms with E-state index in [2.05, 4.69) is 34.7 Å². The summed E-state index contributed by atoms with van der Waals surface area (Å²) in [5, 5.41) is 18.9. The third-order valence-electron chi connectivity index (χ3n) is 4.38. The fraction of sp³-hybridized carbons (Fsp3) is 0.562. The number of aryl methyl sites for hydroxylation is 1. The highest BCUT2D eigenvalue weighted by Gasteiger charge is 2.19. The molecule has 1 fully saturated rings. The Morgan fingerprint density at radius 1 is 1.25 bits per heavy atom. The van der Waals surface area contributed by atoms with E-state index in [1.54, 1.807) is 0 Å². The van der Waals surface area contributed by atoms with Crippen molar-refractivity contribution in [2.45, 2.75) is 38.3 Å². The Morgan fingerprint density at radius 2 is 2.00 bits per heavy atom. The smallest absolute Gasteiger partial charge is 0.0841 e. The van der Waals surface area contributed by atoms with Crippen LogP contribution >= 0.6 is 0 Å². The van der Waals surface area contributed by atoms with Gasteiger partial charge in [-0.05, 0) is 44.2 Å². The number of hydrogen-bond donors (Lipinski definition) is 2.